The summed E-state index contributed by atoms with van der Waals surface area (Å²) in [6.45, 7) is 4.27. The Kier molecular flexibility index (Phi) is 7.32. The molecule has 6 heteroatoms. The highest BCUT2D eigenvalue weighted by Gasteiger charge is 2.03. The highest BCUT2D eigenvalue weighted by molar-refractivity contribution is 7.80. The van der Waals surface area contributed by atoms with Gasteiger partial charge < -0.3 is 19.9 Å². The Bertz CT molecular complexity index is 413. The van der Waals surface area contributed by atoms with E-state index in [-0.39, 0.29) is 0 Å². The van der Waals surface area contributed by atoms with Gasteiger partial charge >= 0.3 is 0 Å². The summed E-state index contributed by atoms with van der Waals surface area (Å²) in [5.74, 6) is 0.541. The van der Waals surface area contributed by atoms with Crippen molar-refractivity contribution in [3.8, 4) is 5.88 Å². The van der Waals surface area contributed by atoms with E-state index < -0.39 is 0 Å². The Balaban J connectivity index is 2.31. The summed E-state index contributed by atoms with van der Waals surface area (Å²) in [5.41, 5.74) is 7.19. The number of aromatic nitrogens is 1. The van der Waals surface area contributed by atoms with Crippen LogP contribution in [0.25, 0.3) is 0 Å². The molecule has 1 aromatic heterocycles. The predicted octanol–water partition coefficient (Wildman–Crippen LogP) is 1.46. The molecule has 0 fully saturated rings. The molecule has 0 aliphatic carbocycles. The summed E-state index contributed by atoms with van der Waals surface area (Å²) < 4.78 is 15.8. The van der Waals surface area contributed by atoms with Crippen LogP contribution in [0.2, 0.25) is 0 Å². The standard InChI is InChI=1S/C13H20N2O3S/c1-10-8-11(13(14)19)9-12(15-10)18-5-3-4-17-7-6-16-2/h8-9H,3-7H2,1-2H3,(H2,14,19). The number of hydrogen-bond donors (Lipinski definition) is 1. The molecule has 1 rings (SSSR count). The van der Waals surface area contributed by atoms with Crippen molar-refractivity contribution in [2.75, 3.05) is 33.5 Å². The highest BCUT2D eigenvalue weighted by Crippen LogP contribution is 2.12. The molecule has 19 heavy (non-hydrogen) atoms. The van der Waals surface area contributed by atoms with Gasteiger partial charge in [0, 0.05) is 37.5 Å². The number of pyridine rings is 1. The molecular formula is C13H20N2O3S. The van der Waals surface area contributed by atoms with Gasteiger partial charge in [0.1, 0.15) is 4.99 Å². The quantitative estimate of drug-likeness (QED) is 0.547. The molecule has 5 nitrogen and oxygen atoms in total. The maximum absolute atomic E-state index is 5.59. The van der Waals surface area contributed by atoms with Gasteiger partial charge in [0.05, 0.1) is 19.8 Å². The van der Waals surface area contributed by atoms with Crippen molar-refractivity contribution in [1.82, 2.24) is 4.98 Å². The van der Waals surface area contributed by atoms with E-state index >= 15 is 0 Å². The zero-order valence-electron chi connectivity index (χ0n) is 11.3. The van der Waals surface area contributed by atoms with Crippen LogP contribution >= 0.6 is 12.2 Å². The van der Waals surface area contributed by atoms with E-state index in [1.807, 2.05) is 13.0 Å². The van der Waals surface area contributed by atoms with Crippen LogP contribution in [0.15, 0.2) is 12.1 Å². The van der Waals surface area contributed by atoms with Crippen LogP contribution in [0, 0.1) is 6.92 Å². The van der Waals surface area contributed by atoms with Crippen LogP contribution in [0.5, 0.6) is 5.88 Å². The minimum atomic E-state index is 0.346. The minimum absolute atomic E-state index is 0.346. The molecule has 1 aromatic rings. The van der Waals surface area contributed by atoms with Gasteiger partial charge in [-0.1, -0.05) is 12.2 Å². The summed E-state index contributed by atoms with van der Waals surface area (Å²) in [7, 11) is 1.65. The molecule has 1 heterocycles. The van der Waals surface area contributed by atoms with Crippen molar-refractivity contribution in [3.63, 3.8) is 0 Å². The van der Waals surface area contributed by atoms with Gasteiger partial charge in [-0.05, 0) is 13.0 Å². The van der Waals surface area contributed by atoms with Crippen LogP contribution in [0.1, 0.15) is 17.7 Å². The second-order valence-electron chi connectivity index (χ2n) is 4.01. The molecule has 0 saturated heterocycles. The predicted molar refractivity (Wildman–Crippen MR) is 77.7 cm³/mol. The van der Waals surface area contributed by atoms with E-state index in [0.717, 1.165) is 17.7 Å². The summed E-state index contributed by atoms with van der Waals surface area (Å²) in [6.07, 6.45) is 0.793. The third-order valence-electron chi connectivity index (χ3n) is 2.33. The highest BCUT2D eigenvalue weighted by atomic mass is 32.1. The maximum atomic E-state index is 5.59. The monoisotopic (exact) mass is 284 g/mol. The number of methoxy groups -OCH3 is 1. The fraction of sp³-hybridized carbons (Fsp3) is 0.538. The third-order valence-corrected chi connectivity index (χ3v) is 2.56. The average molecular weight is 284 g/mol. The van der Waals surface area contributed by atoms with Crippen molar-refractivity contribution in [1.29, 1.82) is 0 Å². The van der Waals surface area contributed by atoms with Gasteiger partial charge in [-0.2, -0.15) is 0 Å². The summed E-state index contributed by atoms with van der Waals surface area (Å²) in [4.78, 5) is 4.61. The van der Waals surface area contributed by atoms with Crippen molar-refractivity contribution in [2.24, 2.45) is 5.73 Å². The molecule has 2 N–H and O–H groups in total. The van der Waals surface area contributed by atoms with Crippen molar-refractivity contribution in [2.45, 2.75) is 13.3 Å². The minimum Gasteiger partial charge on any atom is -0.478 e. The molecule has 0 amide bonds. The smallest absolute Gasteiger partial charge is 0.214 e. The largest absolute Gasteiger partial charge is 0.478 e. The first-order valence-electron chi connectivity index (χ1n) is 6.11. The van der Waals surface area contributed by atoms with E-state index in [2.05, 4.69) is 4.98 Å². The lowest BCUT2D eigenvalue weighted by Gasteiger charge is -2.08. The van der Waals surface area contributed by atoms with Crippen molar-refractivity contribution < 1.29 is 14.2 Å². The van der Waals surface area contributed by atoms with Gasteiger partial charge in [-0.25, -0.2) is 4.98 Å². The number of nitrogens with zero attached hydrogens (tertiary/aromatic N) is 1. The van der Waals surface area contributed by atoms with Crippen LogP contribution in [0.3, 0.4) is 0 Å². The molecule has 0 unspecified atom stereocenters. The Labute approximate surface area is 119 Å². The topological polar surface area (TPSA) is 66.6 Å². The Hall–Kier alpha value is -1.24. The molecule has 0 atom stereocenters. The second-order valence-corrected chi connectivity index (χ2v) is 4.45. The Morgan fingerprint density at radius 1 is 1.26 bits per heavy atom. The molecule has 0 aliphatic heterocycles. The van der Waals surface area contributed by atoms with Gasteiger partial charge in [-0.3, -0.25) is 0 Å². The van der Waals surface area contributed by atoms with Gasteiger partial charge in [0.2, 0.25) is 5.88 Å². The normalized spacial score (nSPS) is 10.4. The first-order chi connectivity index (χ1) is 9.13. The SMILES string of the molecule is COCCOCCCOc1cc(C(N)=S)cc(C)n1. The zero-order valence-corrected chi connectivity index (χ0v) is 12.2. The van der Waals surface area contributed by atoms with Crippen molar-refractivity contribution >= 4 is 17.2 Å². The molecule has 0 aliphatic rings. The van der Waals surface area contributed by atoms with Gasteiger partial charge in [0.15, 0.2) is 0 Å². The van der Waals surface area contributed by atoms with Crippen LogP contribution in [0.4, 0.5) is 0 Å². The number of hydrogen-bond acceptors (Lipinski definition) is 5. The summed E-state index contributed by atoms with van der Waals surface area (Å²) in [5, 5.41) is 0. The van der Waals surface area contributed by atoms with E-state index in [1.54, 1.807) is 13.2 Å². The fourth-order valence-electron chi connectivity index (χ4n) is 1.44. The summed E-state index contributed by atoms with van der Waals surface area (Å²) in [6, 6.07) is 3.59. The first kappa shape index (κ1) is 15.8. The molecule has 0 radical (unpaired) electrons. The van der Waals surface area contributed by atoms with E-state index in [1.165, 1.54) is 0 Å². The number of thiocarbonyl (C=S) groups is 1. The molecule has 0 aromatic carbocycles. The van der Waals surface area contributed by atoms with E-state index in [9.17, 15) is 0 Å². The number of ether oxygens (including phenoxy) is 3. The molecule has 106 valence electrons. The number of rotatable bonds is 9. The van der Waals surface area contributed by atoms with E-state index in [0.29, 0.717) is 37.3 Å². The molecular weight excluding hydrogens is 264 g/mol. The zero-order chi connectivity index (χ0) is 14.1. The van der Waals surface area contributed by atoms with Gasteiger partial charge in [-0.15, -0.1) is 0 Å². The molecule has 0 spiro atoms. The number of nitrogens with two attached hydrogens (primary N) is 1. The fourth-order valence-corrected chi connectivity index (χ4v) is 1.55. The maximum Gasteiger partial charge on any atom is 0.214 e. The van der Waals surface area contributed by atoms with Crippen LogP contribution < -0.4 is 10.5 Å². The second kappa shape index (κ2) is 8.79. The average Bonchev–Trinajstić information content (AvgIpc) is 2.37. The van der Waals surface area contributed by atoms with Crippen LogP contribution in [-0.4, -0.2) is 43.5 Å². The lowest BCUT2D eigenvalue weighted by molar-refractivity contribution is 0.0642. The lowest BCUT2D eigenvalue weighted by atomic mass is 10.2. The Morgan fingerprint density at radius 3 is 2.74 bits per heavy atom. The van der Waals surface area contributed by atoms with Gasteiger partial charge in [0.25, 0.3) is 0 Å². The van der Waals surface area contributed by atoms with E-state index in [4.69, 9.17) is 32.2 Å². The van der Waals surface area contributed by atoms with Crippen LogP contribution in [-0.2, 0) is 9.47 Å². The number of aryl methyl sites for hydroxylation is 1. The molecule has 0 saturated carbocycles. The lowest BCUT2D eigenvalue weighted by Crippen LogP contribution is -2.11. The first-order valence-corrected chi connectivity index (χ1v) is 6.52. The van der Waals surface area contributed by atoms with Crippen molar-refractivity contribution in [3.05, 3.63) is 23.4 Å². The Morgan fingerprint density at radius 2 is 2.05 bits per heavy atom. The third kappa shape index (κ3) is 6.47. The summed E-state index contributed by atoms with van der Waals surface area (Å²) >= 11 is 4.94. The molecule has 0 bridgehead atoms.